The number of methoxy groups -OCH3 is 1. The number of nitro groups is 1. The number of aromatic hydroxyl groups is 1. The normalized spacial score (nSPS) is 13.7. The quantitative estimate of drug-likeness (QED) is 0.465. The maximum absolute atomic E-state index is 11.4. The van der Waals surface area contributed by atoms with Gasteiger partial charge in [-0.1, -0.05) is 6.07 Å². The van der Waals surface area contributed by atoms with Crippen molar-refractivity contribution in [3.63, 3.8) is 0 Å². The number of carbonyl (C=O) groups excluding carboxylic acids is 1. The number of hydrogen-bond acceptors (Lipinski definition) is 6. The lowest BCUT2D eigenvalue weighted by molar-refractivity contribution is -0.385. The number of benzene rings is 1. The molecule has 0 aliphatic heterocycles. The van der Waals surface area contributed by atoms with Crippen LogP contribution in [0.25, 0.3) is 0 Å². The number of nitrogens with zero attached hydrogens (tertiary/aromatic N) is 1. The van der Waals surface area contributed by atoms with Gasteiger partial charge < -0.3 is 15.6 Å². The Morgan fingerprint density at radius 1 is 1.61 bits per heavy atom. The summed E-state index contributed by atoms with van der Waals surface area (Å²) in [6, 6.07) is 3.85. The van der Waals surface area contributed by atoms with E-state index in [9.17, 15) is 20.0 Å². The van der Waals surface area contributed by atoms with Crippen LogP contribution in [0.3, 0.4) is 0 Å². The Balaban J connectivity index is 3.02. The molecule has 0 spiro atoms. The van der Waals surface area contributed by atoms with E-state index in [4.69, 9.17) is 5.73 Å². The topological polar surface area (TPSA) is 116 Å². The number of ether oxygens (including phenoxy) is 1. The maximum Gasteiger partial charge on any atom is 0.325 e. The number of rotatable bonds is 4. The molecule has 0 fully saturated rings. The van der Waals surface area contributed by atoms with Crippen molar-refractivity contribution in [1.29, 1.82) is 0 Å². The number of phenols is 1. The lowest BCUT2D eigenvalue weighted by atomic mass is 9.94. The smallest absolute Gasteiger partial charge is 0.325 e. The highest BCUT2D eigenvalue weighted by Crippen LogP contribution is 2.27. The number of nitrogens with two attached hydrogens (primary N) is 1. The van der Waals surface area contributed by atoms with Gasteiger partial charge in [-0.25, -0.2) is 0 Å². The SMILES string of the molecule is COC(=O)[C@](C)(N)Cc1ccc(O)c([N+](=O)[O-])c1. The van der Waals surface area contributed by atoms with Crippen LogP contribution in [0.15, 0.2) is 18.2 Å². The molecule has 3 N–H and O–H groups in total. The van der Waals surface area contributed by atoms with Crippen LogP contribution in [0.2, 0.25) is 0 Å². The fourth-order valence-electron chi connectivity index (χ4n) is 1.55. The third-order valence-corrected chi connectivity index (χ3v) is 2.46. The first-order valence-corrected chi connectivity index (χ1v) is 5.11. The molecule has 0 radical (unpaired) electrons. The Labute approximate surface area is 103 Å². The zero-order valence-corrected chi connectivity index (χ0v) is 10.0. The van der Waals surface area contributed by atoms with E-state index in [0.717, 1.165) is 0 Å². The van der Waals surface area contributed by atoms with Gasteiger partial charge in [-0.15, -0.1) is 0 Å². The minimum atomic E-state index is -1.28. The molecular formula is C11H14N2O5. The van der Waals surface area contributed by atoms with Gasteiger partial charge in [0.2, 0.25) is 0 Å². The first-order chi connectivity index (χ1) is 8.27. The summed E-state index contributed by atoms with van der Waals surface area (Å²) in [4.78, 5) is 21.3. The van der Waals surface area contributed by atoms with Gasteiger partial charge in [-0.3, -0.25) is 14.9 Å². The van der Waals surface area contributed by atoms with Gasteiger partial charge in [0.15, 0.2) is 5.75 Å². The molecule has 1 rings (SSSR count). The average Bonchev–Trinajstić information content (AvgIpc) is 2.29. The van der Waals surface area contributed by atoms with Crippen molar-refractivity contribution in [2.45, 2.75) is 18.9 Å². The van der Waals surface area contributed by atoms with Gasteiger partial charge in [-0.2, -0.15) is 0 Å². The van der Waals surface area contributed by atoms with E-state index >= 15 is 0 Å². The molecule has 0 aromatic heterocycles. The first kappa shape index (κ1) is 13.9. The van der Waals surface area contributed by atoms with E-state index in [2.05, 4.69) is 4.74 Å². The van der Waals surface area contributed by atoms with Crippen LogP contribution < -0.4 is 5.73 Å². The monoisotopic (exact) mass is 254 g/mol. The minimum Gasteiger partial charge on any atom is -0.502 e. The van der Waals surface area contributed by atoms with Crippen LogP contribution in [0.4, 0.5) is 5.69 Å². The Bertz CT molecular complexity index is 484. The summed E-state index contributed by atoms with van der Waals surface area (Å²) in [5.41, 5.74) is 4.53. The maximum atomic E-state index is 11.4. The molecule has 1 atom stereocenters. The molecule has 7 heteroatoms. The molecule has 18 heavy (non-hydrogen) atoms. The van der Waals surface area contributed by atoms with Gasteiger partial charge in [0.05, 0.1) is 12.0 Å². The van der Waals surface area contributed by atoms with E-state index < -0.39 is 27.9 Å². The number of esters is 1. The summed E-state index contributed by atoms with van der Waals surface area (Å²) in [6.45, 7) is 1.47. The Hall–Kier alpha value is -2.15. The minimum absolute atomic E-state index is 0.0702. The molecule has 0 bridgehead atoms. The van der Waals surface area contributed by atoms with E-state index in [1.54, 1.807) is 0 Å². The van der Waals surface area contributed by atoms with Gasteiger partial charge in [0, 0.05) is 12.5 Å². The van der Waals surface area contributed by atoms with Crippen molar-refractivity contribution in [2.75, 3.05) is 7.11 Å². The zero-order chi connectivity index (χ0) is 13.9. The van der Waals surface area contributed by atoms with E-state index in [0.29, 0.717) is 5.56 Å². The summed E-state index contributed by atoms with van der Waals surface area (Å²) >= 11 is 0. The fraction of sp³-hybridized carbons (Fsp3) is 0.364. The average molecular weight is 254 g/mol. The van der Waals surface area contributed by atoms with E-state index in [-0.39, 0.29) is 6.42 Å². The van der Waals surface area contributed by atoms with Crippen molar-refractivity contribution in [1.82, 2.24) is 0 Å². The van der Waals surface area contributed by atoms with Gasteiger partial charge in [0.25, 0.3) is 0 Å². The molecule has 0 saturated heterocycles. The molecule has 0 aliphatic carbocycles. The number of carbonyl (C=O) groups is 1. The predicted molar refractivity (Wildman–Crippen MR) is 63.1 cm³/mol. The first-order valence-electron chi connectivity index (χ1n) is 5.11. The highest BCUT2D eigenvalue weighted by atomic mass is 16.6. The summed E-state index contributed by atoms with van der Waals surface area (Å²) in [6.07, 6.45) is 0.0702. The summed E-state index contributed by atoms with van der Waals surface area (Å²) in [7, 11) is 1.21. The molecule has 7 nitrogen and oxygen atoms in total. The van der Waals surface area contributed by atoms with Crippen molar-refractivity contribution in [3.05, 3.63) is 33.9 Å². The molecule has 0 heterocycles. The van der Waals surface area contributed by atoms with Gasteiger partial charge in [-0.05, 0) is 18.6 Å². The second-order valence-electron chi connectivity index (χ2n) is 4.17. The molecular weight excluding hydrogens is 240 g/mol. The van der Waals surface area contributed by atoms with Crippen molar-refractivity contribution in [2.24, 2.45) is 5.73 Å². The van der Waals surface area contributed by atoms with E-state index in [1.165, 1.54) is 32.2 Å². The van der Waals surface area contributed by atoms with Crippen LogP contribution in [-0.4, -0.2) is 28.6 Å². The Morgan fingerprint density at radius 3 is 2.72 bits per heavy atom. The summed E-state index contributed by atoms with van der Waals surface area (Å²) < 4.78 is 4.54. The van der Waals surface area contributed by atoms with E-state index in [1.807, 2.05) is 0 Å². The molecule has 0 saturated carbocycles. The molecule has 98 valence electrons. The number of nitro benzene ring substituents is 1. The van der Waals surface area contributed by atoms with Crippen LogP contribution in [0, 0.1) is 10.1 Å². The third-order valence-electron chi connectivity index (χ3n) is 2.46. The molecule has 0 aliphatic rings. The van der Waals surface area contributed by atoms with Crippen LogP contribution in [0.5, 0.6) is 5.75 Å². The zero-order valence-electron chi connectivity index (χ0n) is 10.0. The Kier molecular flexibility index (Phi) is 3.87. The van der Waals surface area contributed by atoms with Crippen LogP contribution in [0.1, 0.15) is 12.5 Å². The van der Waals surface area contributed by atoms with Crippen LogP contribution in [-0.2, 0) is 16.0 Å². The van der Waals surface area contributed by atoms with Crippen molar-refractivity contribution < 1.29 is 19.6 Å². The predicted octanol–water partition coefficient (Wildman–Crippen LogP) is 0.733. The molecule has 1 aromatic rings. The molecule has 1 aromatic carbocycles. The van der Waals surface area contributed by atoms with Crippen molar-refractivity contribution >= 4 is 11.7 Å². The van der Waals surface area contributed by atoms with Gasteiger partial charge in [0.1, 0.15) is 5.54 Å². The highest BCUT2D eigenvalue weighted by Gasteiger charge is 2.30. The van der Waals surface area contributed by atoms with Gasteiger partial charge >= 0.3 is 11.7 Å². The van der Waals surface area contributed by atoms with Crippen LogP contribution >= 0.6 is 0 Å². The standard InChI is InChI=1S/C11H14N2O5/c1-11(12,10(15)18-2)6-7-3-4-9(14)8(5-7)13(16)17/h3-5,14H,6,12H2,1-2H3/t11-/m1/s1. The summed E-state index contributed by atoms with van der Waals surface area (Å²) in [5, 5.41) is 19.9. The summed E-state index contributed by atoms with van der Waals surface area (Å²) in [5.74, 6) is -1.04. The second kappa shape index (κ2) is 5.01. The Morgan fingerprint density at radius 2 is 2.22 bits per heavy atom. The molecule has 0 unspecified atom stereocenters. The fourth-order valence-corrected chi connectivity index (χ4v) is 1.55. The van der Waals surface area contributed by atoms with Crippen molar-refractivity contribution in [3.8, 4) is 5.75 Å². The lowest BCUT2D eigenvalue weighted by Crippen LogP contribution is -2.47. The third kappa shape index (κ3) is 2.95. The highest BCUT2D eigenvalue weighted by molar-refractivity contribution is 5.80. The largest absolute Gasteiger partial charge is 0.502 e. The molecule has 0 amide bonds. The second-order valence-corrected chi connectivity index (χ2v) is 4.17. The number of hydrogen-bond donors (Lipinski definition) is 2. The number of phenolic OH excluding ortho intramolecular Hbond substituents is 1. The lowest BCUT2D eigenvalue weighted by Gasteiger charge is -2.21.